The molecule has 0 radical (unpaired) electrons. The predicted octanol–water partition coefficient (Wildman–Crippen LogP) is 1.27. The first kappa shape index (κ1) is 13.4. The molecule has 0 aliphatic carbocycles. The summed E-state index contributed by atoms with van der Waals surface area (Å²) in [6.07, 6.45) is 2.98. The average Bonchev–Trinajstić information content (AvgIpc) is 3.25. The van der Waals surface area contributed by atoms with Crippen LogP contribution in [0.15, 0.2) is 35.3 Å². The molecule has 0 aromatic carbocycles. The monoisotopic (exact) mass is 314 g/mol. The van der Waals surface area contributed by atoms with Crippen molar-refractivity contribution in [3.8, 4) is 0 Å². The van der Waals surface area contributed by atoms with Crippen LogP contribution in [-0.2, 0) is 4.79 Å². The molecule has 2 amide bonds. The van der Waals surface area contributed by atoms with Gasteiger partial charge in [0, 0.05) is 30.9 Å². The van der Waals surface area contributed by atoms with Crippen LogP contribution in [-0.4, -0.2) is 46.5 Å². The van der Waals surface area contributed by atoms with Crippen molar-refractivity contribution in [3.05, 3.63) is 40.8 Å². The van der Waals surface area contributed by atoms with Crippen molar-refractivity contribution in [1.29, 1.82) is 0 Å². The Balaban J connectivity index is 1.49. The van der Waals surface area contributed by atoms with Crippen LogP contribution >= 0.6 is 11.3 Å². The lowest BCUT2D eigenvalue weighted by atomic mass is 10.0. The Hall–Kier alpha value is -2.28. The molecule has 112 valence electrons. The average molecular weight is 314 g/mol. The molecule has 0 bridgehead atoms. The summed E-state index contributed by atoms with van der Waals surface area (Å²) in [4.78, 5) is 28.6. The second-order valence-corrected chi connectivity index (χ2v) is 6.42. The third kappa shape index (κ3) is 2.09. The second-order valence-electron chi connectivity index (χ2n) is 5.64. The van der Waals surface area contributed by atoms with Crippen LogP contribution in [0.3, 0.4) is 0 Å². The third-order valence-electron chi connectivity index (χ3n) is 4.38. The zero-order valence-electron chi connectivity index (χ0n) is 11.8. The number of carbonyl (C=O) groups is 2. The van der Waals surface area contributed by atoms with Crippen LogP contribution in [0.5, 0.6) is 0 Å². The summed E-state index contributed by atoms with van der Waals surface area (Å²) in [6, 6.07) is 3.62. The fraction of sp³-hybridized carbons (Fsp3) is 0.333. The minimum atomic E-state index is -0.0846. The maximum absolute atomic E-state index is 12.6. The van der Waals surface area contributed by atoms with Gasteiger partial charge in [-0.25, -0.2) is 0 Å². The van der Waals surface area contributed by atoms with Gasteiger partial charge in [-0.15, -0.1) is 0 Å². The molecule has 2 saturated heterocycles. The number of likely N-dealkylation sites (tertiary alicyclic amines) is 1. The molecule has 22 heavy (non-hydrogen) atoms. The normalized spacial score (nSPS) is 23.9. The number of hydrogen-bond donors (Lipinski definition) is 0. The summed E-state index contributed by atoms with van der Waals surface area (Å²) in [5.74, 6) is 0.190. The van der Waals surface area contributed by atoms with E-state index in [2.05, 4.69) is 10.2 Å². The lowest BCUT2D eigenvalue weighted by Gasteiger charge is -2.21. The molecule has 6 nitrogen and oxygen atoms in total. The van der Waals surface area contributed by atoms with E-state index in [-0.39, 0.29) is 23.7 Å². The molecular weight excluding hydrogens is 300 g/mol. The second kappa shape index (κ2) is 5.17. The number of rotatable bonds is 2. The molecule has 4 heterocycles. The highest BCUT2D eigenvalue weighted by atomic mass is 32.1. The highest BCUT2D eigenvalue weighted by Crippen LogP contribution is 2.36. The topological polar surface area (TPSA) is 66.4 Å². The summed E-state index contributed by atoms with van der Waals surface area (Å²) >= 11 is 1.59. The van der Waals surface area contributed by atoms with Gasteiger partial charge in [0.25, 0.3) is 5.91 Å². The maximum Gasteiger partial charge on any atom is 0.255 e. The molecule has 2 aromatic heterocycles. The fourth-order valence-electron chi connectivity index (χ4n) is 3.27. The summed E-state index contributed by atoms with van der Waals surface area (Å²) in [6.45, 7) is 1.81. The molecule has 2 fully saturated rings. The van der Waals surface area contributed by atoms with Crippen LogP contribution < -0.4 is 4.90 Å². The van der Waals surface area contributed by atoms with Gasteiger partial charge in [-0.05, 0) is 17.5 Å². The fourth-order valence-corrected chi connectivity index (χ4v) is 3.91. The maximum atomic E-state index is 12.6. The zero-order valence-corrected chi connectivity index (χ0v) is 12.6. The highest BCUT2D eigenvalue weighted by molar-refractivity contribution is 7.08. The van der Waals surface area contributed by atoms with E-state index < -0.39 is 0 Å². The van der Waals surface area contributed by atoms with E-state index in [0.717, 1.165) is 5.69 Å². The summed E-state index contributed by atoms with van der Waals surface area (Å²) in [5.41, 5.74) is 1.50. The van der Waals surface area contributed by atoms with Crippen LogP contribution in [0.25, 0.3) is 0 Å². The number of hydrogen-bond acceptors (Lipinski definition) is 5. The summed E-state index contributed by atoms with van der Waals surface area (Å²) in [7, 11) is 0. The molecule has 2 aliphatic heterocycles. The van der Waals surface area contributed by atoms with Gasteiger partial charge in [0.05, 0.1) is 29.6 Å². The standard InChI is InChI=1S/C15H14N4O2S/c20-14(10-1-3-16-17-5-10)18-6-11-7-19(12-2-4-22-9-12)15(21)13(11)8-18/h1-5,9,11,13H,6-8H2/t11-,13-/m1/s1. The van der Waals surface area contributed by atoms with Gasteiger partial charge in [0.15, 0.2) is 0 Å². The molecule has 0 unspecified atom stereocenters. The van der Waals surface area contributed by atoms with Crippen molar-refractivity contribution in [3.63, 3.8) is 0 Å². The van der Waals surface area contributed by atoms with Gasteiger partial charge < -0.3 is 9.80 Å². The molecule has 4 rings (SSSR count). The van der Waals surface area contributed by atoms with E-state index in [1.54, 1.807) is 22.3 Å². The highest BCUT2D eigenvalue weighted by Gasteiger charge is 2.47. The first-order valence-electron chi connectivity index (χ1n) is 7.13. The quantitative estimate of drug-likeness (QED) is 0.837. The number of aromatic nitrogens is 2. The van der Waals surface area contributed by atoms with Crippen LogP contribution in [0.1, 0.15) is 10.4 Å². The van der Waals surface area contributed by atoms with Gasteiger partial charge in [-0.2, -0.15) is 21.5 Å². The number of carbonyl (C=O) groups excluding carboxylic acids is 2. The van der Waals surface area contributed by atoms with Gasteiger partial charge in [0.2, 0.25) is 5.91 Å². The first-order valence-corrected chi connectivity index (χ1v) is 8.08. The molecular formula is C15H14N4O2S. The molecule has 7 heteroatoms. The number of fused-ring (bicyclic) bond motifs is 1. The summed E-state index contributed by atoms with van der Waals surface area (Å²) in [5, 5.41) is 11.4. The van der Waals surface area contributed by atoms with E-state index >= 15 is 0 Å². The zero-order chi connectivity index (χ0) is 15.1. The molecule has 2 atom stereocenters. The number of thiophene rings is 1. The SMILES string of the molecule is O=C(c1ccnnc1)N1C[C@@H]2CN(c3ccsc3)C(=O)[C@@H]2C1. The Morgan fingerprint density at radius 1 is 1.23 bits per heavy atom. The third-order valence-corrected chi connectivity index (χ3v) is 5.05. The van der Waals surface area contributed by atoms with Gasteiger partial charge in [-0.1, -0.05) is 0 Å². The Morgan fingerprint density at radius 3 is 2.82 bits per heavy atom. The Morgan fingerprint density at radius 2 is 2.14 bits per heavy atom. The Kier molecular flexibility index (Phi) is 3.15. The van der Waals surface area contributed by atoms with Crippen LogP contribution in [0.2, 0.25) is 0 Å². The van der Waals surface area contributed by atoms with Gasteiger partial charge >= 0.3 is 0 Å². The number of nitrogens with zero attached hydrogens (tertiary/aromatic N) is 4. The van der Waals surface area contributed by atoms with Crippen LogP contribution in [0.4, 0.5) is 5.69 Å². The molecule has 0 N–H and O–H groups in total. The molecule has 0 spiro atoms. The van der Waals surface area contributed by atoms with E-state index in [9.17, 15) is 9.59 Å². The van der Waals surface area contributed by atoms with Crippen molar-refractivity contribution in [2.45, 2.75) is 0 Å². The Labute approximate surface area is 131 Å². The molecule has 2 aliphatic rings. The lowest BCUT2D eigenvalue weighted by Crippen LogP contribution is -2.35. The van der Waals surface area contributed by atoms with Gasteiger partial charge in [0.1, 0.15) is 0 Å². The summed E-state index contributed by atoms with van der Waals surface area (Å²) < 4.78 is 0. The largest absolute Gasteiger partial charge is 0.337 e. The van der Waals surface area contributed by atoms with Crippen LogP contribution in [0, 0.1) is 11.8 Å². The van der Waals surface area contributed by atoms with Crippen molar-refractivity contribution in [1.82, 2.24) is 15.1 Å². The van der Waals surface area contributed by atoms with Gasteiger partial charge in [-0.3, -0.25) is 9.59 Å². The molecule has 2 aromatic rings. The minimum Gasteiger partial charge on any atom is -0.337 e. The van der Waals surface area contributed by atoms with E-state index in [1.165, 1.54) is 12.4 Å². The number of anilines is 1. The van der Waals surface area contributed by atoms with Crippen molar-refractivity contribution in [2.24, 2.45) is 11.8 Å². The lowest BCUT2D eigenvalue weighted by molar-refractivity contribution is -0.120. The van der Waals surface area contributed by atoms with Crippen molar-refractivity contribution < 1.29 is 9.59 Å². The predicted molar refractivity (Wildman–Crippen MR) is 81.6 cm³/mol. The van der Waals surface area contributed by atoms with E-state index in [0.29, 0.717) is 25.2 Å². The van der Waals surface area contributed by atoms with E-state index in [1.807, 2.05) is 21.7 Å². The first-order chi connectivity index (χ1) is 10.7. The molecule has 0 saturated carbocycles. The van der Waals surface area contributed by atoms with E-state index in [4.69, 9.17) is 0 Å². The van der Waals surface area contributed by atoms with Crippen molar-refractivity contribution >= 4 is 28.8 Å². The smallest absolute Gasteiger partial charge is 0.255 e. The number of amides is 2. The Bertz CT molecular complexity index is 704. The van der Waals surface area contributed by atoms with Crippen molar-refractivity contribution in [2.75, 3.05) is 24.5 Å². The minimum absolute atomic E-state index is 0.0702.